The first kappa shape index (κ1) is 38.0. The smallest absolute Gasteiger partial charge is 0.308 e. The van der Waals surface area contributed by atoms with Crippen molar-refractivity contribution in [2.75, 3.05) is 26.2 Å². The maximum atomic E-state index is 14.2. The fourth-order valence-electron chi connectivity index (χ4n) is 8.11. The van der Waals surface area contributed by atoms with Crippen LogP contribution in [0.5, 0.6) is 0 Å². The van der Waals surface area contributed by atoms with Gasteiger partial charge in [0.05, 0.1) is 18.6 Å². The highest BCUT2D eigenvalue weighted by Crippen LogP contribution is 2.42. The first-order valence-electron chi connectivity index (χ1n) is 18.5. The van der Waals surface area contributed by atoms with Gasteiger partial charge in [0.15, 0.2) is 0 Å². The van der Waals surface area contributed by atoms with Crippen molar-refractivity contribution in [3.8, 4) is 0 Å². The van der Waals surface area contributed by atoms with Crippen LogP contribution in [0.3, 0.4) is 0 Å². The number of nitrogens with two attached hydrogens (primary N) is 2. The van der Waals surface area contributed by atoms with Crippen LogP contribution < -0.4 is 22.1 Å². The van der Waals surface area contributed by atoms with E-state index in [-0.39, 0.29) is 48.0 Å². The molecule has 3 aliphatic rings. The first-order chi connectivity index (χ1) is 24.6. The quantitative estimate of drug-likeness (QED) is 0.152. The highest BCUT2D eigenvalue weighted by Gasteiger charge is 2.49. The minimum atomic E-state index is -0.969. The molecule has 7 unspecified atom stereocenters. The Labute approximate surface area is 301 Å². The van der Waals surface area contributed by atoms with E-state index in [4.69, 9.17) is 16.2 Å². The van der Waals surface area contributed by atoms with Crippen LogP contribution in [0, 0.1) is 17.8 Å². The number of fused-ring (bicyclic) bond motifs is 1. The van der Waals surface area contributed by atoms with Crippen molar-refractivity contribution in [3.63, 3.8) is 0 Å². The number of likely N-dealkylation sites (tertiary alicyclic amines) is 2. The van der Waals surface area contributed by atoms with Gasteiger partial charge in [0, 0.05) is 25.6 Å². The molecule has 0 aromatic heterocycles. The number of hydrogen-bond donors (Lipinski definition) is 4. The zero-order valence-electron chi connectivity index (χ0n) is 29.9. The maximum Gasteiger partial charge on any atom is 0.308 e. The lowest BCUT2D eigenvalue weighted by molar-refractivity contribution is -0.148. The van der Waals surface area contributed by atoms with E-state index in [1.165, 1.54) is 0 Å². The number of hydrogen-bond acceptors (Lipinski definition) is 8. The molecule has 4 amide bonds. The molecule has 2 aromatic carbocycles. The Bertz CT molecular complexity index is 1490. The minimum Gasteiger partial charge on any atom is -0.466 e. The van der Waals surface area contributed by atoms with Crippen LogP contribution in [0.15, 0.2) is 60.7 Å². The van der Waals surface area contributed by atoms with Crippen LogP contribution >= 0.6 is 0 Å². The molecule has 12 nitrogen and oxygen atoms in total. The molecule has 2 saturated heterocycles. The molecule has 5 rings (SSSR count). The van der Waals surface area contributed by atoms with Gasteiger partial charge in [0.25, 0.3) is 0 Å². The average Bonchev–Trinajstić information content (AvgIpc) is 3.79. The summed E-state index contributed by atoms with van der Waals surface area (Å²) in [5.74, 6) is -1.18. The minimum absolute atomic E-state index is 0.0945. The SMILES string of the molecule is CCOC(=O)C1CC2CN(C(=O)C(CCCCN)N3C(=O)C(NC(=O)C(Cc4ccccc4)NC(=O)C(N)Cc4ccccc4)CC3C)CC2C1. The number of ether oxygens (including phenoxy) is 1. The van der Waals surface area contributed by atoms with Crippen molar-refractivity contribution in [2.45, 2.75) is 95.4 Å². The summed E-state index contributed by atoms with van der Waals surface area (Å²) in [6.45, 7) is 5.65. The van der Waals surface area contributed by atoms with E-state index in [2.05, 4.69) is 10.6 Å². The van der Waals surface area contributed by atoms with E-state index in [0.717, 1.165) is 17.5 Å². The lowest BCUT2D eigenvalue weighted by Crippen LogP contribution is -2.56. The Morgan fingerprint density at radius 1 is 0.882 bits per heavy atom. The van der Waals surface area contributed by atoms with Crippen LogP contribution in [0.4, 0.5) is 0 Å². The number of carbonyl (C=O) groups excluding carboxylic acids is 5. The third-order valence-corrected chi connectivity index (χ3v) is 10.7. The van der Waals surface area contributed by atoms with Crippen LogP contribution in [0.25, 0.3) is 0 Å². The van der Waals surface area contributed by atoms with Crippen LogP contribution in [0.2, 0.25) is 0 Å². The van der Waals surface area contributed by atoms with Crippen LogP contribution in [0.1, 0.15) is 63.5 Å². The Balaban J connectivity index is 1.26. The zero-order chi connectivity index (χ0) is 36.5. The normalized spacial score (nSPS) is 24.5. The maximum absolute atomic E-state index is 14.2. The van der Waals surface area contributed by atoms with Gasteiger partial charge >= 0.3 is 5.97 Å². The first-order valence-corrected chi connectivity index (χ1v) is 18.5. The van der Waals surface area contributed by atoms with Gasteiger partial charge in [-0.05, 0) is 88.3 Å². The molecule has 3 fully saturated rings. The number of esters is 1. The molecule has 2 aliphatic heterocycles. The summed E-state index contributed by atoms with van der Waals surface area (Å²) in [7, 11) is 0. The summed E-state index contributed by atoms with van der Waals surface area (Å²) in [6.07, 6.45) is 4.13. The molecule has 7 atom stereocenters. The number of amides is 4. The Kier molecular flexibility index (Phi) is 13.2. The number of carbonyl (C=O) groups is 5. The van der Waals surface area contributed by atoms with Gasteiger partial charge in [0.2, 0.25) is 23.6 Å². The van der Waals surface area contributed by atoms with Crippen molar-refractivity contribution in [3.05, 3.63) is 71.8 Å². The number of unbranched alkanes of at least 4 members (excludes halogenated alkanes) is 1. The Morgan fingerprint density at radius 3 is 2.08 bits per heavy atom. The monoisotopic (exact) mass is 702 g/mol. The number of benzene rings is 2. The van der Waals surface area contributed by atoms with Gasteiger partial charge in [-0.1, -0.05) is 60.7 Å². The summed E-state index contributed by atoms with van der Waals surface area (Å²) in [5, 5.41) is 5.76. The molecule has 0 spiro atoms. The van der Waals surface area contributed by atoms with Crippen molar-refractivity contribution in [1.82, 2.24) is 20.4 Å². The molecular weight excluding hydrogens is 648 g/mol. The topological polar surface area (TPSA) is 177 Å². The van der Waals surface area contributed by atoms with Gasteiger partial charge in [-0.25, -0.2) is 0 Å². The summed E-state index contributed by atoms with van der Waals surface area (Å²) < 4.78 is 5.25. The lowest BCUT2D eigenvalue weighted by Gasteiger charge is -2.34. The molecule has 51 heavy (non-hydrogen) atoms. The second kappa shape index (κ2) is 17.8. The van der Waals surface area contributed by atoms with Gasteiger partial charge in [-0.2, -0.15) is 0 Å². The van der Waals surface area contributed by atoms with E-state index in [1.807, 2.05) is 72.5 Å². The van der Waals surface area contributed by atoms with E-state index < -0.39 is 36.0 Å². The third-order valence-electron chi connectivity index (χ3n) is 10.7. The van der Waals surface area contributed by atoms with Gasteiger partial charge in [0.1, 0.15) is 18.1 Å². The molecule has 1 saturated carbocycles. The van der Waals surface area contributed by atoms with Crippen molar-refractivity contribution >= 4 is 29.6 Å². The third kappa shape index (κ3) is 9.53. The lowest BCUT2D eigenvalue weighted by atomic mass is 10.0. The number of nitrogens with one attached hydrogen (secondary N) is 2. The average molecular weight is 703 g/mol. The predicted octanol–water partition coefficient (Wildman–Crippen LogP) is 1.93. The summed E-state index contributed by atoms with van der Waals surface area (Å²) in [6, 6.07) is 15.1. The molecule has 2 aromatic rings. The van der Waals surface area contributed by atoms with Crippen molar-refractivity contribution < 1.29 is 28.7 Å². The van der Waals surface area contributed by atoms with Crippen molar-refractivity contribution in [1.29, 1.82) is 0 Å². The van der Waals surface area contributed by atoms with Gasteiger partial charge in [-0.15, -0.1) is 0 Å². The van der Waals surface area contributed by atoms with Gasteiger partial charge in [-0.3, -0.25) is 24.0 Å². The highest BCUT2D eigenvalue weighted by atomic mass is 16.5. The number of nitrogens with zero attached hydrogens (tertiary/aromatic N) is 2. The summed E-state index contributed by atoms with van der Waals surface area (Å²) in [4.78, 5) is 71.3. The van der Waals surface area contributed by atoms with E-state index in [0.29, 0.717) is 64.8 Å². The van der Waals surface area contributed by atoms with Crippen LogP contribution in [-0.2, 0) is 41.6 Å². The molecule has 1 aliphatic carbocycles. The standard InChI is InChI=1S/C39H54N6O6/c1-3-51-39(50)28-21-29-23-44(24-30(29)22-28)38(49)34(16-10-11-17-40)45-25(2)18-33(37(45)48)43-36(47)32(20-27-14-8-5-9-15-27)42-35(46)31(41)19-26-12-6-4-7-13-26/h4-9,12-15,25,28-34H,3,10-11,16-24,40-41H2,1-2H3,(H,42,46)(H,43,47). The second-order valence-corrected chi connectivity index (χ2v) is 14.4. The Hall–Kier alpha value is -4.29. The second-order valence-electron chi connectivity index (χ2n) is 14.4. The fraction of sp³-hybridized carbons (Fsp3) is 0.564. The van der Waals surface area contributed by atoms with E-state index >= 15 is 0 Å². The van der Waals surface area contributed by atoms with Crippen molar-refractivity contribution in [2.24, 2.45) is 29.2 Å². The zero-order valence-corrected chi connectivity index (χ0v) is 29.9. The number of rotatable bonds is 16. The molecule has 0 bridgehead atoms. The molecule has 12 heteroatoms. The summed E-state index contributed by atoms with van der Waals surface area (Å²) in [5.41, 5.74) is 13.8. The van der Waals surface area contributed by atoms with Crippen LogP contribution in [-0.4, -0.2) is 95.8 Å². The van der Waals surface area contributed by atoms with Gasteiger partial charge < -0.3 is 36.6 Å². The molecule has 0 radical (unpaired) electrons. The summed E-state index contributed by atoms with van der Waals surface area (Å²) >= 11 is 0. The predicted molar refractivity (Wildman–Crippen MR) is 193 cm³/mol. The fourth-order valence-corrected chi connectivity index (χ4v) is 8.11. The highest BCUT2D eigenvalue weighted by molar-refractivity contribution is 5.96. The van der Waals surface area contributed by atoms with E-state index in [9.17, 15) is 24.0 Å². The largest absolute Gasteiger partial charge is 0.466 e. The molecular formula is C39H54N6O6. The van der Waals surface area contributed by atoms with E-state index in [1.54, 1.807) is 11.8 Å². The molecule has 6 N–H and O–H groups in total. The molecule has 2 heterocycles. The molecule has 276 valence electrons. The Morgan fingerprint density at radius 2 is 1.49 bits per heavy atom.